The standard InChI is InChI=1S/C21H24N2O2S/c1-24-16-11-17(21-22-6-7-26-21)20-18(12-16)23-19(25-20)5-4-15-9-13-2-3-14(8-13)10-15/h6-7,11-15H,2-5,8-10H2,1H3. The highest BCUT2D eigenvalue weighted by Crippen LogP contribution is 2.46. The van der Waals surface area contributed by atoms with E-state index in [1.165, 1.54) is 38.5 Å². The van der Waals surface area contributed by atoms with Gasteiger partial charge in [-0.15, -0.1) is 11.3 Å². The van der Waals surface area contributed by atoms with Crippen molar-refractivity contribution in [3.8, 4) is 16.3 Å². The molecule has 5 rings (SSSR count). The molecule has 26 heavy (non-hydrogen) atoms. The van der Waals surface area contributed by atoms with Gasteiger partial charge >= 0.3 is 0 Å². The average Bonchev–Trinajstić information content (AvgIpc) is 3.39. The van der Waals surface area contributed by atoms with Crippen LogP contribution in [0.3, 0.4) is 0 Å². The Kier molecular flexibility index (Phi) is 4.20. The molecule has 2 atom stereocenters. The number of hydrogen-bond donors (Lipinski definition) is 0. The van der Waals surface area contributed by atoms with Crippen molar-refractivity contribution >= 4 is 22.4 Å². The number of thiazole rings is 1. The van der Waals surface area contributed by atoms with Gasteiger partial charge < -0.3 is 9.15 Å². The summed E-state index contributed by atoms with van der Waals surface area (Å²) in [6.45, 7) is 0. The van der Waals surface area contributed by atoms with E-state index >= 15 is 0 Å². The van der Waals surface area contributed by atoms with Crippen molar-refractivity contribution in [2.24, 2.45) is 17.8 Å². The quantitative estimate of drug-likeness (QED) is 0.578. The molecule has 1 aromatic carbocycles. The Morgan fingerprint density at radius 3 is 2.77 bits per heavy atom. The fourth-order valence-corrected chi connectivity index (χ4v) is 5.65. The van der Waals surface area contributed by atoms with Gasteiger partial charge in [0, 0.05) is 24.1 Å². The Morgan fingerprint density at radius 2 is 2.04 bits per heavy atom. The zero-order valence-corrected chi connectivity index (χ0v) is 15.9. The Labute approximate surface area is 157 Å². The van der Waals surface area contributed by atoms with E-state index in [1.807, 2.05) is 23.7 Å². The lowest BCUT2D eigenvalue weighted by molar-refractivity contribution is 0.245. The molecule has 2 unspecified atom stereocenters. The monoisotopic (exact) mass is 368 g/mol. The first-order valence-electron chi connectivity index (χ1n) is 9.66. The largest absolute Gasteiger partial charge is 0.497 e. The van der Waals surface area contributed by atoms with Crippen molar-refractivity contribution in [1.82, 2.24) is 9.97 Å². The van der Waals surface area contributed by atoms with Crippen LogP contribution in [-0.2, 0) is 6.42 Å². The van der Waals surface area contributed by atoms with Crippen molar-refractivity contribution in [2.45, 2.75) is 44.9 Å². The van der Waals surface area contributed by atoms with E-state index < -0.39 is 0 Å². The molecular formula is C21H24N2O2S. The maximum Gasteiger partial charge on any atom is 0.195 e. The summed E-state index contributed by atoms with van der Waals surface area (Å²) in [6, 6.07) is 3.95. The third kappa shape index (κ3) is 3.02. The van der Waals surface area contributed by atoms with Crippen LogP contribution in [0.5, 0.6) is 5.75 Å². The summed E-state index contributed by atoms with van der Waals surface area (Å²) < 4.78 is 11.6. The summed E-state index contributed by atoms with van der Waals surface area (Å²) >= 11 is 1.61. The van der Waals surface area contributed by atoms with E-state index in [9.17, 15) is 0 Å². The number of hydrogen-bond acceptors (Lipinski definition) is 5. The minimum Gasteiger partial charge on any atom is -0.497 e. The predicted molar refractivity (Wildman–Crippen MR) is 104 cm³/mol. The molecule has 2 aliphatic rings. The maximum atomic E-state index is 6.18. The Balaban J connectivity index is 1.40. The molecule has 136 valence electrons. The van der Waals surface area contributed by atoms with Gasteiger partial charge in [-0.25, -0.2) is 9.97 Å². The molecule has 0 spiro atoms. The number of rotatable bonds is 5. The van der Waals surface area contributed by atoms with Crippen LogP contribution in [0.4, 0.5) is 0 Å². The summed E-state index contributed by atoms with van der Waals surface area (Å²) in [4.78, 5) is 9.20. The van der Waals surface area contributed by atoms with Crippen LogP contribution in [0.25, 0.3) is 21.7 Å². The molecule has 0 aliphatic heterocycles. The molecule has 0 amide bonds. The summed E-state index contributed by atoms with van der Waals surface area (Å²) in [5, 5.41) is 2.93. The Morgan fingerprint density at radius 1 is 1.19 bits per heavy atom. The Bertz CT molecular complexity index is 890. The molecule has 2 aromatic heterocycles. The van der Waals surface area contributed by atoms with Crippen molar-refractivity contribution < 1.29 is 9.15 Å². The second-order valence-electron chi connectivity index (χ2n) is 7.89. The van der Waals surface area contributed by atoms with Crippen LogP contribution in [0, 0.1) is 17.8 Å². The maximum absolute atomic E-state index is 6.18. The van der Waals surface area contributed by atoms with Crippen LogP contribution in [-0.4, -0.2) is 17.1 Å². The van der Waals surface area contributed by atoms with Gasteiger partial charge in [0.05, 0.1) is 12.7 Å². The lowest BCUT2D eigenvalue weighted by Crippen LogP contribution is -2.16. The first kappa shape index (κ1) is 16.3. The number of nitrogens with zero attached hydrogens (tertiary/aromatic N) is 2. The number of oxazole rings is 1. The highest BCUT2D eigenvalue weighted by atomic mass is 32.1. The van der Waals surface area contributed by atoms with E-state index in [2.05, 4.69) is 4.98 Å². The van der Waals surface area contributed by atoms with Crippen molar-refractivity contribution in [1.29, 1.82) is 0 Å². The fraction of sp³-hybridized carbons (Fsp3) is 0.524. The van der Waals surface area contributed by atoms with Crippen LogP contribution < -0.4 is 4.74 Å². The van der Waals surface area contributed by atoms with Gasteiger partial charge in [0.25, 0.3) is 0 Å². The van der Waals surface area contributed by atoms with E-state index in [1.54, 1.807) is 18.4 Å². The average molecular weight is 369 g/mol. The van der Waals surface area contributed by atoms with E-state index in [0.29, 0.717) is 0 Å². The number of ether oxygens (including phenoxy) is 1. The third-order valence-electron chi connectivity index (χ3n) is 6.16. The number of aryl methyl sites for hydroxylation is 1. The first-order chi connectivity index (χ1) is 12.8. The number of fused-ring (bicyclic) bond motifs is 3. The molecule has 2 aliphatic carbocycles. The van der Waals surface area contributed by atoms with E-state index in [-0.39, 0.29) is 0 Å². The summed E-state index contributed by atoms with van der Waals surface area (Å²) in [5.74, 6) is 4.48. The minimum absolute atomic E-state index is 0.798. The molecule has 2 bridgehead atoms. The van der Waals surface area contributed by atoms with Crippen LogP contribution in [0.1, 0.15) is 44.4 Å². The molecule has 2 saturated carbocycles. The van der Waals surface area contributed by atoms with Gasteiger partial charge in [-0.3, -0.25) is 0 Å². The molecule has 0 saturated heterocycles. The van der Waals surface area contributed by atoms with Crippen LogP contribution >= 0.6 is 11.3 Å². The smallest absolute Gasteiger partial charge is 0.195 e. The number of benzene rings is 1. The van der Waals surface area contributed by atoms with Crippen LogP contribution in [0.15, 0.2) is 28.1 Å². The van der Waals surface area contributed by atoms with Crippen molar-refractivity contribution in [2.75, 3.05) is 7.11 Å². The number of methoxy groups -OCH3 is 1. The van der Waals surface area contributed by atoms with E-state index in [4.69, 9.17) is 14.1 Å². The first-order valence-corrected chi connectivity index (χ1v) is 10.5. The van der Waals surface area contributed by atoms with Gasteiger partial charge in [-0.1, -0.05) is 12.8 Å². The lowest BCUT2D eigenvalue weighted by atomic mass is 9.79. The zero-order valence-electron chi connectivity index (χ0n) is 15.1. The second kappa shape index (κ2) is 6.69. The third-order valence-corrected chi connectivity index (χ3v) is 6.96. The van der Waals surface area contributed by atoms with Gasteiger partial charge in [0.15, 0.2) is 11.5 Å². The molecule has 2 heterocycles. The predicted octanol–water partition coefficient (Wildman–Crippen LogP) is 5.72. The lowest BCUT2D eigenvalue weighted by Gasteiger charge is -2.27. The number of aromatic nitrogens is 2. The molecule has 2 fully saturated rings. The molecule has 5 heteroatoms. The van der Waals surface area contributed by atoms with Gasteiger partial charge in [-0.2, -0.15) is 0 Å². The zero-order chi connectivity index (χ0) is 17.5. The molecule has 0 radical (unpaired) electrons. The van der Waals surface area contributed by atoms with Gasteiger partial charge in [0.2, 0.25) is 0 Å². The summed E-state index contributed by atoms with van der Waals surface area (Å²) in [5.41, 5.74) is 2.68. The molecule has 3 aromatic rings. The van der Waals surface area contributed by atoms with Crippen molar-refractivity contribution in [3.63, 3.8) is 0 Å². The fourth-order valence-electron chi connectivity index (χ4n) is 5.00. The highest BCUT2D eigenvalue weighted by molar-refractivity contribution is 7.13. The summed E-state index contributed by atoms with van der Waals surface area (Å²) in [6.07, 6.45) is 11.2. The van der Waals surface area contributed by atoms with Crippen LogP contribution in [0.2, 0.25) is 0 Å². The summed E-state index contributed by atoms with van der Waals surface area (Å²) in [7, 11) is 1.69. The second-order valence-corrected chi connectivity index (χ2v) is 8.78. The SMILES string of the molecule is COc1cc(-c2nccs2)c2oc(CCC3CC4CCC(C3)C4)nc2c1. The highest BCUT2D eigenvalue weighted by Gasteiger charge is 2.33. The molecule has 4 nitrogen and oxygen atoms in total. The topological polar surface area (TPSA) is 48.2 Å². The Hall–Kier alpha value is -1.88. The van der Waals surface area contributed by atoms with Crippen molar-refractivity contribution in [3.05, 3.63) is 29.6 Å². The minimum atomic E-state index is 0.798. The van der Waals surface area contributed by atoms with E-state index in [0.717, 1.165) is 57.5 Å². The van der Waals surface area contributed by atoms with Gasteiger partial charge in [-0.05, 0) is 49.5 Å². The van der Waals surface area contributed by atoms with Gasteiger partial charge in [0.1, 0.15) is 16.3 Å². The molecule has 0 N–H and O–H groups in total. The molecular weight excluding hydrogens is 344 g/mol. The normalized spacial score (nSPS) is 25.0.